The number of nitrogens with zero attached hydrogens (tertiary/aromatic N) is 1. The van der Waals surface area contributed by atoms with Crippen LogP contribution in [0.3, 0.4) is 0 Å². The van der Waals surface area contributed by atoms with Gasteiger partial charge in [-0.05, 0) is 30.3 Å². The Morgan fingerprint density at radius 3 is 2.70 bits per heavy atom. The zero-order valence-corrected chi connectivity index (χ0v) is 11.1. The van der Waals surface area contributed by atoms with Crippen molar-refractivity contribution in [2.75, 3.05) is 7.11 Å². The van der Waals surface area contributed by atoms with Crippen molar-refractivity contribution in [3.05, 3.63) is 52.4 Å². The third kappa shape index (κ3) is 2.83. The number of benzene rings is 1. The number of esters is 1. The quantitative estimate of drug-likeness (QED) is 0.644. The summed E-state index contributed by atoms with van der Waals surface area (Å²) in [7, 11) is 1.23. The summed E-state index contributed by atoms with van der Waals surface area (Å²) in [5.41, 5.74) is 1.07. The second kappa shape index (κ2) is 5.79. The Morgan fingerprint density at radius 1 is 1.35 bits per heavy atom. The second-order valence-electron chi connectivity index (χ2n) is 3.90. The lowest BCUT2D eigenvalue weighted by Crippen LogP contribution is -2.04. The molecule has 0 spiro atoms. The Morgan fingerprint density at radius 2 is 2.10 bits per heavy atom. The molecule has 0 unspecified atom stereocenters. The van der Waals surface area contributed by atoms with Gasteiger partial charge < -0.3 is 4.74 Å². The summed E-state index contributed by atoms with van der Waals surface area (Å²) < 4.78 is 17.7. The summed E-state index contributed by atoms with van der Waals surface area (Å²) in [6, 6.07) is 6.77. The minimum absolute atomic E-state index is 0.0691. The van der Waals surface area contributed by atoms with Crippen molar-refractivity contribution in [2.24, 2.45) is 0 Å². The molecule has 102 valence electrons. The Balaban J connectivity index is 2.57. The van der Waals surface area contributed by atoms with Crippen LogP contribution in [0.25, 0.3) is 11.3 Å². The number of aldehydes is 1. The van der Waals surface area contributed by atoms with Crippen LogP contribution in [0.15, 0.2) is 30.3 Å². The highest BCUT2D eigenvalue weighted by Gasteiger charge is 2.12. The van der Waals surface area contributed by atoms with Gasteiger partial charge in [0.25, 0.3) is 0 Å². The van der Waals surface area contributed by atoms with Crippen molar-refractivity contribution >= 4 is 23.9 Å². The van der Waals surface area contributed by atoms with Crippen LogP contribution in [0.4, 0.5) is 4.39 Å². The summed E-state index contributed by atoms with van der Waals surface area (Å²) in [6.45, 7) is 0. The van der Waals surface area contributed by atoms with Crippen molar-refractivity contribution in [2.45, 2.75) is 0 Å². The van der Waals surface area contributed by atoms with E-state index in [-0.39, 0.29) is 16.3 Å². The van der Waals surface area contributed by atoms with Crippen LogP contribution in [0.1, 0.15) is 20.8 Å². The maximum Gasteiger partial charge on any atom is 0.338 e. The van der Waals surface area contributed by atoms with Gasteiger partial charge in [0.05, 0.1) is 23.4 Å². The number of hydrogen-bond acceptors (Lipinski definition) is 4. The van der Waals surface area contributed by atoms with Crippen LogP contribution in [0.5, 0.6) is 0 Å². The number of halogens is 2. The molecule has 20 heavy (non-hydrogen) atoms. The molecule has 0 aliphatic heterocycles. The first kappa shape index (κ1) is 14.1. The van der Waals surface area contributed by atoms with Crippen molar-refractivity contribution < 1.29 is 18.7 Å². The lowest BCUT2D eigenvalue weighted by Gasteiger charge is -2.06. The highest BCUT2D eigenvalue weighted by atomic mass is 35.5. The maximum absolute atomic E-state index is 13.1. The molecule has 6 heteroatoms. The molecule has 0 saturated carbocycles. The van der Waals surface area contributed by atoms with E-state index in [0.29, 0.717) is 17.5 Å². The van der Waals surface area contributed by atoms with E-state index in [9.17, 15) is 14.0 Å². The smallest absolute Gasteiger partial charge is 0.338 e. The molecule has 0 bridgehead atoms. The molecular weight excluding hydrogens is 285 g/mol. The van der Waals surface area contributed by atoms with Gasteiger partial charge in [0, 0.05) is 5.56 Å². The van der Waals surface area contributed by atoms with Gasteiger partial charge in [-0.3, -0.25) is 4.79 Å². The number of carbonyl (C=O) groups excluding carboxylic acids is 2. The number of ether oxygens (including phenoxy) is 1. The van der Waals surface area contributed by atoms with Crippen LogP contribution < -0.4 is 0 Å². The minimum atomic E-state index is -0.593. The zero-order chi connectivity index (χ0) is 14.7. The number of rotatable bonds is 3. The molecule has 0 radical (unpaired) electrons. The second-order valence-corrected chi connectivity index (χ2v) is 4.31. The lowest BCUT2D eigenvalue weighted by atomic mass is 10.1. The highest BCUT2D eigenvalue weighted by Crippen LogP contribution is 2.24. The molecule has 4 nitrogen and oxygen atoms in total. The fourth-order valence-corrected chi connectivity index (χ4v) is 1.83. The predicted octanol–water partition coefficient (Wildman–Crippen LogP) is 3.14. The van der Waals surface area contributed by atoms with E-state index in [4.69, 9.17) is 11.6 Å². The molecule has 0 aliphatic carbocycles. The van der Waals surface area contributed by atoms with Crippen LogP contribution in [-0.4, -0.2) is 24.3 Å². The summed E-state index contributed by atoms with van der Waals surface area (Å²) >= 11 is 5.70. The lowest BCUT2D eigenvalue weighted by molar-refractivity contribution is 0.0600. The van der Waals surface area contributed by atoms with E-state index in [1.165, 1.54) is 37.4 Å². The van der Waals surface area contributed by atoms with Gasteiger partial charge in [0.15, 0.2) is 6.29 Å². The number of aromatic nitrogens is 1. The molecule has 2 aromatic rings. The number of hydrogen-bond donors (Lipinski definition) is 0. The van der Waals surface area contributed by atoms with Crippen LogP contribution >= 0.6 is 11.6 Å². The molecule has 0 fully saturated rings. The molecule has 0 amide bonds. The van der Waals surface area contributed by atoms with Crippen molar-refractivity contribution in [3.8, 4) is 11.3 Å². The molecule has 0 aliphatic rings. The van der Waals surface area contributed by atoms with E-state index >= 15 is 0 Å². The average Bonchev–Trinajstić information content (AvgIpc) is 2.48. The topological polar surface area (TPSA) is 56.3 Å². The standard InChI is InChI=1S/C14H9ClFNO3/c1-20-14(19)9-4-10(7-18)17-13(6-9)8-2-3-12(16)11(15)5-8/h2-7H,1H3. The Bertz CT molecular complexity index is 688. The van der Waals surface area contributed by atoms with E-state index < -0.39 is 11.8 Å². The number of methoxy groups -OCH3 is 1. The molecule has 1 aromatic heterocycles. The maximum atomic E-state index is 13.1. The van der Waals surface area contributed by atoms with Gasteiger partial charge >= 0.3 is 5.97 Å². The molecule has 1 aromatic carbocycles. The molecular formula is C14H9ClFNO3. The Hall–Kier alpha value is -2.27. The first-order valence-corrected chi connectivity index (χ1v) is 5.94. The van der Waals surface area contributed by atoms with Gasteiger partial charge in [0.1, 0.15) is 11.5 Å². The molecule has 1 heterocycles. The fraction of sp³-hybridized carbons (Fsp3) is 0.0714. The molecule has 0 N–H and O–H groups in total. The predicted molar refractivity (Wildman–Crippen MR) is 71.4 cm³/mol. The molecule has 2 rings (SSSR count). The Labute approximate surface area is 119 Å². The SMILES string of the molecule is COC(=O)c1cc(C=O)nc(-c2ccc(F)c(Cl)c2)c1. The summed E-state index contributed by atoms with van der Waals surface area (Å²) in [5, 5.41) is -0.0691. The third-order valence-corrected chi connectivity index (χ3v) is 2.89. The van der Waals surface area contributed by atoms with Gasteiger partial charge in [-0.2, -0.15) is 0 Å². The summed E-state index contributed by atoms with van der Waals surface area (Å²) in [5.74, 6) is -1.15. The minimum Gasteiger partial charge on any atom is -0.465 e. The molecule has 0 saturated heterocycles. The highest BCUT2D eigenvalue weighted by molar-refractivity contribution is 6.31. The molecule has 0 atom stereocenters. The zero-order valence-electron chi connectivity index (χ0n) is 10.4. The van der Waals surface area contributed by atoms with Gasteiger partial charge in [-0.1, -0.05) is 11.6 Å². The first-order chi connectivity index (χ1) is 9.55. The van der Waals surface area contributed by atoms with Crippen molar-refractivity contribution in [1.29, 1.82) is 0 Å². The Kier molecular flexibility index (Phi) is 4.10. The summed E-state index contributed by atoms with van der Waals surface area (Å²) in [6.07, 6.45) is 0.515. The van der Waals surface area contributed by atoms with Crippen LogP contribution in [-0.2, 0) is 4.74 Å². The van der Waals surface area contributed by atoms with Crippen molar-refractivity contribution in [1.82, 2.24) is 4.98 Å². The monoisotopic (exact) mass is 293 g/mol. The van der Waals surface area contributed by atoms with Crippen molar-refractivity contribution in [3.63, 3.8) is 0 Å². The fourth-order valence-electron chi connectivity index (χ4n) is 1.65. The van der Waals surface area contributed by atoms with E-state index in [0.717, 1.165) is 0 Å². The van der Waals surface area contributed by atoms with Crippen LogP contribution in [0, 0.1) is 5.82 Å². The third-order valence-electron chi connectivity index (χ3n) is 2.60. The van der Waals surface area contributed by atoms with E-state index in [1.807, 2.05) is 0 Å². The van der Waals surface area contributed by atoms with E-state index in [2.05, 4.69) is 9.72 Å². The average molecular weight is 294 g/mol. The van der Waals surface area contributed by atoms with E-state index in [1.54, 1.807) is 0 Å². The number of carbonyl (C=O) groups is 2. The first-order valence-electron chi connectivity index (χ1n) is 5.56. The van der Waals surface area contributed by atoms with Crippen LogP contribution in [0.2, 0.25) is 5.02 Å². The number of pyridine rings is 1. The van der Waals surface area contributed by atoms with Gasteiger partial charge in [-0.25, -0.2) is 14.2 Å². The summed E-state index contributed by atoms with van der Waals surface area (Å²) in [4.78, 5) is 26.5. The van der Waals surface area contributed by atoms with Gasteiger partial charge in [0.2, 0.25) is 0 Å². The van der Waals surface area contributed by atoms with Gasteiger partial charge in [-0.15, -0.1) is 0 Å². The largest absolute Gasteiger partial charge is 0.465 e. The normalized spacial score (nSPS) is 10.2.